The standard InChI is InChI=1S/C16H18N4O/c1-3-12(10(2)17)16-19-15(20-21-16)14-9-8-11-6-4-5-7-13(11)18-14/h4-10,12H,3,17H2,1-2H3. The van der Waals surface area contributed by atoms with E-state index in [1.165, 1.54) is 0 Å². The Morgan fingerprint density at radius 3 is 2.71 bits per heavy atom. The number of para-hydroxylation sites is 1. The summed E-state index contributed by atoms with van der Waals surface area (Å²) >= 11 is 0. The average Bonchev–Trinajstić information content (AvgIpc) is 2.96. The van der Waals surface area contributed by atoms with Crippen molar-refractivity contribution in [3.05, 3.63) is 42.3 Å². The molecule has 0 radical (unpaired) electrons. The fourth-order valence-electron chi connectivity index (χ4n) is 2.45. The largest absolute Gasteiger partial charge is 0.339 e. The maximum atomic E-state index is 5.96. The number of aromatic nitrogens is 3. The van der Waals surface area contributed by atoms with Crippen molar-refractivity contribution < 1.29 is 4.52 Å². The zero-order valence-corrected chi connectivity index (χ0v) is 12.2. The normalized spacial score (nSPS) is 14.2. The summed E-state index contributed by atoms with van der Waals surface area (Å²) in [6.07, 6.45) is 0.866. The molecule has 1 aromatic carbocycles. The summed E-state index contributed by atoms with van der Waals surface area (Å²) < 4.78 is 5.36. The molecule has 2 aromatic heterocycles. The highest BCUT2D eigenvalue weighted by Crippen LogP contribution is 2.24. The molecule has 3 rings (SSSR count). The van der Waals surface area contributed by atoms with E-state index in [4.69, 9.17) is 10.3 Å². The van der Waals surface area contributed by atoms with Crippen LogP contribution in [-0.2, 0) is 0 Å². The summed E-state index contributed by atoms with van der Waals surface area (Å²) in [6, 6.07) is 11.8. The van der Waals surface area contributed by atoms with Gasteiger partial charge < -0.3 is 10.3 Å². The quantitative estimate of drug-likeness (QED) is 0.795. The third kappa shape index (κ3) is 2.64. The van der Waals surface area contributed by atoms with E-state index in [0.29, 0.717) is 17.4 Å². The molecule has 2 unspecified atom stereocenters. The predicted octanol–water partition coefficient (Wildman–Crippen LogP) is 3.13. The lowest BCUT2D eigenvalue weighted by molar-refractivity contribution is 0.334. The number of hydrogen-bond acceptors (Lipinski definition) is 5. The predicted molar refractivity (Wildman–Crippen MR) is 81.7 cm³/mol. The summed E-state index contributed by atoms with van der Waals surface area (Å²) in [5, 5.41) is 5.13. The second kappa shape index (κ2) is 5.61. The van der Waals surface area contributed by atoms with Crippen molar-refractivity contribution in [1.82, 2.24) is 15.1 Å². The fourth-order valence-corrected chi connectivity index (χ4v) is 2.45. The minimum atomic E-state index is -0.0205. The van der Waals surface area contributed by atoms with E-state index in [1.807, 2.05) is 43.3 Å². The molecule has 0 spiro atoms. The van der Waals surface area contributed by atoms with E-state index in [1.54, 1.807) is 0 Å². The molecule has 2 atom stereocenters. The third-order valence-corrected chi connectivity index (χ3v) is 3.66. The Morgan fingerprint density at radius 2 is 1.95 bits per heavy atom. The number of benzene rings is 1. The first kappa shape index (κ1) is 13.7. The molecule has 5 nitrogen and oxygen atoms in total. The van der Waals surface area contributed by atoms with Gasteiger partial charge in [0.05, 0.1) is 11.4 Å². The van der Waals surface area contributed by atoms with E-state index >= 15 is 0 Å². The van der Waals surface area contributed by atoms with E-state index in [2.05, 4.69) is 22.0 Å². The lowest BCUT2D eigenvalue weighted by Crippen LogP contribution is -2.24. The Morgan fingerprint density at radius 1 is 1.14 bits per heavy atom. The second-order valence-electron chi connectivity index (χ2n) is 5.22. The minimum absolute atomic E-state index is 0.0205. The van der Waals surface area contributed by atoms with Gasteiger partial charge in [0.15, 0.2) is 0 Å². The van der Waals surface area contributed by atoms with Crippen LogP contribution in [0.15, 0.2) is 40.9 Å². The molecular weight excluding hydrogens is 264 g/mol. The van der Waals surface area contributed by atoms with Gasteiger partial charge in [-0.15, -0.1) is 0 Å². The monoisotopic (exact) mass is 282 g/mol. The Kier molecular flexibility index (Phi) is 3.66. The molecule has 0 saturated heterocycles. The number of pyridine rings is 1. The van der Waals surface area contributed by atoms with Crippen molar-refractivity contribution in [3.63, 3.8) is 0 Å². The highest BCUT2D eigenvalue weighted by Gasteiger charge is 2.21. The van der Waals surface area contributed by atoms with Gasteiger partial charge in [0.2, 0.25) is 11.7 Å². The van der Waals surface area contributed by atoms with Crippen LogP contribution < -0.4 is 5.73 Å². The van der Waals surface area contributed by atoms with Gasteiger partial charge in [-0.1, -0.05) is 36.3 Å². The van der Waals surface area contributed by atoms with Crippen LogP contribution in [0.1, 0.15) is 32.1 Å². The van der Waals surface area contributed by atoms with Crippen molar-refractivity contribution in [2.75, 3.05) is 0 Å². The number of hydrogen-bond donors (Lipinski definition) is 1. The Labute approximate surface area is 123 Å². The molecule has 0 amide bonds. The summed E-state index contributed by atoms with van der Waals surface area (Å²) in [5.41, 5.74) is 7.59. The summed E-state index contributed by atoms with van der Waals surface area (Å²) in [7, 11) is 0. The average molecular weight is 282 g/mol. The molecule has 5 heteroatoms. The molecule has 3 aromatic rings. The van der Waals surface area contributed by atoms with Crippen LogP contribution in [0.3, 0.4) is 0 Å². The molecule has 0 fully saturated rings. The van der Waals surface area contributed by atoms with Crippen LogP contribution in [-0.4, -0.2) is 21.2 Å². The smallest absolute Gasteiger partial charge is 0.231 e. The van der Waals surface area contributed by atoms with Crippen molar-refractivity contribution in [2.24, 2.45) is 5.73 Å². The molecule has 0 bridgehead atoms. The maximum absolute atomic E-state index is 5.96. The first-order valence-corrected chi connectivity index (χ1v) is 7.14. The topological polar surface area (TPSA) is 77.8 Å². The van der Waals surface area contributed by atoms with Crippen LogP contribution in [0.5, 0.6) is 0 Å². The molecule has 0 saturated carbocycles. The Balaban J connectivity index is 1.97. The lowest BCUT2D eigenvalue weighted by Gasteiger charge is -2.13. The van der Waals surface area contributed by atoms with Crippen LogP contribution in [0.25, 0.3) is 22.4 Å². The highest BCUT2D eigenvalue weighted by molar-refractivity contribution is 5.80. The van der Waals surface area contributed by atoms with Crippen LogP contribution in [0.2, 0.25) is 0 Å². The zero-order chi connectivity index (χ0) is 14.8. The SMILES string of the molecule is CCC(c1nc(-c2ccc3ccccc3n2)no1)C(C)N. The first-order valence-electron chi connectivity index (χ1n) is 7.14. The van der Waals surface area contributed by atoms with Gasteiger partial charge in [-0.25, -0.2) is 4.98 Å². The molecule has 108 valence electrons. The third-order valence-electron chi connectivity index (χ3n) is 3.66. The van der Waals surface area contributed by atoms with Crippen LogP contribution >= 0.6 is 0 Å². The van der Waals surface area contributed by atoms with E-state index in [-0.39, 0.29) is 12.0 Å². The summed E-state index contributed by atoms with van der Waals surface area (Å²) in [6.45, 7) is 4.01. The Hall–Kier alpha value is -2.27. The highest BCUT2D eigenvalue weighted by atomic mass is 16.5. The van der Waals surface area contributed by atoms with Gasteiger partial charge in [0, 0.05) is 11.4 Å². The molecular formula is C16H18N4O. The number of rotatable bonds is 4. The van der Waals surface area contributed by atoms with Crippen molar-refractivity contribution in [1.29, 1.82) is 0 Å². The first-order chi connectivity index (χ1) is 10.2. The number of fused-ring (bicyclic) bond motifs is 1. The summed E-state index contributed by atoms with van der Waals surface area (Å²) in [5.74, 6) is 1.17. The van der Waals surface area contributed by atoms with Crippen LogP contribution in [0, 0.1) is 0 Å². The van der Waals surface area contributed by atoms with Gasteiger partial charge in [0.1, 0.15) is 5.69 Å². The maximum Gasteiger partial charge on any atom is 0.231 e. The number of nitrogens with two attached hydrogens (primary N) is 1. The van der Waals surface area contributed by atoms with Gasteiger partial charge >= 0.3 is 0 Å². The molecule has 2 heterocycles. The Bertz CT molecular complexity index is 751. The molecule has 0 aliphatic heterocycles. The molecule has 2 N–H and O–H groups in total. The second-order valence-corrected chi connectivity index (χ2v) is 5.22. The minimum Gasteiger partial charge on any atom is -0.339 e. The number of nitrogens with zero attached hydrogens (tertiary/aromatic N) is 3. The van der Waals surface area contributed by atoms with Gasteiger partial charge in [-0.2, -0.15) is 4.98 Å². The van der Waals surface area contributed by atoms with Crippen molar-refractivity contribution >= 4 is 10.9 Å². The van der Waals surface area contributed by atoms with E-state index in [9.17, 15) is 0 Å². The molecule has 21 heavy (non-hydrogen) atoms. The van der Waals surface area contributed by atoms with Gasteiger partial charge in [-0.05, 0) is 25.5 Å². The lowest BCUT2D eigenvalue weighted by atomic mass is 9.99. The van der Waals surface area contributed by atoms with Crippen LogP contribution in [0.4, 0.5) is 0 Å². The molecule has 0 aliphatic carbocycles. The van der Waals surface area contributed by atoms with Crippen molar-refractivity contribution in [2.45, 2.75) is 32.2 Å². The van der Waals surface area contributed by atoms with Gasteiger partial charge in [-0.3, -0.25) is 0 Å². The van der Waals surface area contributed by atoms with E-state index in [0.717, 1.165) is 17.3 Å². The van der Waals surface area contributed by atoms with Crippen molar-refractivity contribution in [3.8, 4) is 11.5 Å². The fraction of sp³-hybridized carbons (Fsp3) is 0.312. The van der Waals surface area contributed by atoms with E-state index < -0.39 is 0 Å². The summed E-state index contributed by atoms with van der Waals surface area (Å²) in [4.78, 5) is 9.03. The molecule has 0 aliphatic rings. The zero-order valence-electron chi connectivity index (χ0n) is 12.2. The van der Waals surface area contributed by atoms with Gasteiger partial charge in [0.25, 0.3) is 0 Å².